The fourth-order valence-corrected chi connectivity index (χ4v) is 2.35. The highest BCUT2D eigenvalue weighted by molar-refractivity contribution is 6.37. The molecule has 0 aromatic heterocycles. The minimum absolute atomic E-state index is 0.0240. The first kappa shape index (κ1) is 19.1. The highest BCUT2D eigenvalue weighted by Gasteiger charge is 2.41. The molecular weight excluding hydrogens is 356 g/mol. The first-order chi connectivity index (χ1) is 11.4. The molecule has 0 spiro atoms. The predicted octanol–water partition coefficient (Wildman–Crippen LogP) is 4.35. The SMILES string of the molecule is CCOC(=O)C1=NOC(c2cc(C(F)(F)F)cc(C(F)(F)F)c2)C1C. The Morgan fingerprint density at radius 2 is 1.64 bits per heavy atom. The average Bonchev–Trinajstić information content (AvgIpc) is 2.87. The first-order valence-electron chi connectivity index (χ1n) is 7.15. The summed E-state index contributed by atoms with van der Waals surface area (Å²) >= 11 is 0. The summed E-state index contributed by atoms with van der Waals surface area (Å²) in [6.07, 6.45) is -11.2. The van der Waals surface area contributed by atoms with Crippen molar-refractivity contribution in [1.29, 1.82) is 0 Å². The first-order valence-corrected chi connectivity index (χ1v) is 7.15. The van der Waals surface area contributed by atoms with Crippen LogP contribution in [0.3, 0.4) is 0 Å². The molecule has 0 saturated heterocycles. The standard InChI is InChI=1S/C15H13F6NO3/c1-3-24-13(23)11-7(2)12(25-22-11)8-4-9(14(16,17)18)6-10(5-8)15(19,20)21/h4-7,12H,3H2,1-2H3. The van der Waals surface area contributed by atoms with Gasteiger partial charge >= 0.3 is 18.3 Å². The smallest absolute Gasteiger partial charge is 0.416 e. The molecule has 0 fully saturated rings. The lowest BCUT2D eigenvalue weighted by Gasteiger charge is -2.19. The summed E-state index contributed by atoms with van der Waals surface area (Å²) in [4.78, 5) is 16.6. The Morgan fingerprint density at radius 1 is 1.12 bits per heavy atom. The van der Waals surface area contributed by atoms with E-state index in [4.69, 9.17) is 9.57 Å². The van der Waals surface area contributed by atoms with Gasteiger partial charge in [-0.1, -0.05) is 12.1 Å². The summed E-state index contributed by atoms with van der Waals surface area (Å²) in [5, 5.41) is 3.46. The number of carbonyl (C=O) groups excluding carboxylic acids is 1. The summed E-state index contributed by atoms with van der Waals surface area (Å²) < 4.78 is 82.2. The lowest BCUT2D eigenvalue weighted by atomic mass is 9.91. The quantitative estimate of drug-likeness (QED) is 0.588. The molecule has 1 aliphatic heterocycles. The summed E-state index contributed by atoms with van der Waals surface area (Å²) in [5.41, 5.74) is -3.49. The lowest BCUT2D eigenvalue weighted by molar-refractivity contribution is -0.143. The van der Waals surface area contributed by atoms with E-state index in [1.807, 2.05) is 0 Å². The maximum atomic E-state index is 12.9. The van der Waals surface area contributed by atoms with Crippen LogP contribution in [-0.4, -0.2) is 18.3 Å². The van der Waals surface area contributed by atoms with Gasteiger partial charge in [0, 0.05) is 0 Å². The topological polar surface area (TPSA) is 47.9 Å². The van der Waals surface area contributed by atoms with Crippen molar-refractivity contribution in [1.82, 2.24) is 0 Å². The molecule has 10 heteroatoms. The van der Waals surface area contributed by atoms with Crippen LogP contribution in [-0.2, 0) is 26.7 Å². The van der Waals surface area contributed by atoms with Crippen LogP contribution in [0.15, 0.2) is 23.4 Å². The Balaban J connectivity index is 2.41. The molecular formula is C15H13F6NO3. The van der Waals surface area contributed by atoms with E-state index < -0.39 is 41.5 Å². The van der Waals surface area contributed by atoms with Crippen molar-refractivity contribution in [3.05, 3.63) is 34.9 Å². The van der Waals surface area contributed by atoms with Crippen molar-refractivity contribution in [3.63, 3.8) is 0 Å². The number of benzene rings is 1. The Kier molecular flexibility index (Phi) is 5.01. The molecule has 1 aromatic rings. The summed E-state index contributed by atoms with van der Waals surface area (Å²) in [6.45, 7) is 2.98. The molecule has 138 valence electrons. The summed E-state index contributed by atoms with van der Waals surface area (Å²) in [6, 6.07) is 1.14. The van der Waals surface area contributed by atoms with Gasteiger partial charge in [0.25, 0.3) is 0 Å². The average molecular weight is 369 g/mol. The van der Waals surface area contributed by atoms with Crippen molar-refractivity contribution in [2.75, 3.05) is 6.61 Å². The van der Waals surface area contributed by atoms with E-state index in [-0.39, 0.29) is 23.9 Å². The predicted molar refractivity (Wildman–Crippen MR) is 73.5 cm³/mol. The van der Waals surface area contributed by atoms with Gasteiger partial charge in [-0.05, 0) is 30.7 Å². The van der Waals surface area contributed by atoms with E-state index in [1.54, 1.807) is 6.92 Å². The van der Waals surface area contributed by atoms with Crippen molar-refractivity contribution in [2.45, 2.75) is 32.3 Å². The third-order valence-electron chi connectivity index (χ3n) is 3.57. The van der Waals surface area contributed by atoms with E-state index in [0.717, 1.165) is 0 Å². The molecule has 1 aromatic carbocycles. The van der Waals surface area contributed by atoms with Crippen molar-refractivity contribution in [2.24, 2.45) is 11.1 Å². The van der Waals surface area contributed by atoms with Gasteiger partial charge < -0.3 is 9.57 Å². The number of nitrogens with zero attached hydrogens (tertiary/aromatic N) is 1. The van der Waals surface area contributed by atoms with E-state index >= 15 is 0 Å². The van der Waals surface area contributed by atoms with Crippen LogP contribution in [0.4, 0.5) is 26.3 Å². The van der Waals surface area contributed by atoms with Gasteiger partial charge in [-0.2, -0.15) is 26.3 Å². The van der Waals surface area contributed by atoms with Crippen LogP contribution in [0.2, 0.25) is 0 Å². The van der Waals surface area contributed by atoms with Crippen LogP contribution >= 0.6 is 0 Å². The Bertz CT molecular complexity index is 663. The highest BCUT2D eigenvalue weighted by atomic mass is 19.4. The molecule has 4 nitrogen and oxygen atoms in total. The Hall–Kier alpha value is -2.26. The molecule has 2 rings (SSSR count). The maximum Gasteiger partial charge on any atom is 0.416 e. The summed E-state index contributed by atoms with van der Waals surface area (Å²) in [5.74, 6) is -1.70. The van der Waals surface area contributed by atoms with Crippen LogP contribution < -0.4 is 0 Å². The van der Waals surface area contributed by atoms with Gasteiger partial charge in [0.1, 0.15) is 0 Å². The third kappa shape index (κ3) is 4.05. The largest absolute Gasteiger partial charge is 0.461 e. The number of alkyl halides is 6. The van der Waals surface area contributed by atoms with Crippen molar-refractivity contribution in [3.8, 4) is 0 Å². The molecule has 0 bridgehead atoms. The van der Waals surface area contributed by atoms with E-state index in [2.05, 4.69) is 5.16 Å². The summed E-state index contributed by atoms with van der Waals surface area (Å²) in [7, 11) is 0. The second-order valence-electron chi connectivity index (χ2n) is 5.35. The van der Waals surface area contributed by atoms with Crippen LogP contribution in [0, 0.1) is 5.92 Å². The van der Waals surface area contributed by atoms with Gasteiger partial charge in [0.15, 0.2) is 11.8 Å². The second-order valence-corrected chi connectivity index (χ2v) is 5.35. The zero-order valence-electron chi connectivity index (χ0n) is 13.0. The molecule has 0 radical (unpaired) electrons. The number of oxime groups is 1. The molecule has 2 atom stereocenters. The van der Waals surface area contributed by atoms with Crippen molar-refractivity contribution < 1.29 is 40.7 Å². The minimum atomic E-state index is -4.97. The zero-order valence-corrected chi connectivity index (χ0v) is 13.0. The molecule has 0 aliphatic carbocycles. The molecule has 2 unspecified atom stereocenters. The number of hydrogen-bond donors (Lipinski definition) is 0. The number of carbonyl (C=O) groups is 1. The molecule has 0 amide bonds. The van der Waals surface area contributed by atoms with Gasteiger partial charge in [0.2, 0.25) is 0 Å². The number of halogens is 6. The van der Waals surface area contributed by atoms with Crippen LogP contribution in [0.1, 0.15) is 36.6 Å². The Morgan fingerprint density at radius 3 is 2.08 bits per heavy atom. The fourth-order valence-electron chi connectivity index (χ4n) is 2.35. The van der Waals surface area contributed by atoms with Crippen LogP contribution in [0.5, 0.6) is 0 Å². The number of hydrogen-bond acceptors (Lipinski definition) is 4. The maximum absolute atomic E-state index is 12.9. The molecule has 25 heavy (non-hydrogen) atoms. The van der Waals surface area contributed by atoms with Gasteiger partial charge in [-0.15, -0.1) is 0 Å². The molecule has 0 N–H and O–H groups in total. The zero-order chi connectivity index (χ0) is 19.0. The Labute approximate surface area is 138 Å². The third-order valence-corrected chi connectivity index (χ3v) is 3.57. The molecule has 0 saturated carbocycles. The van der Waals surface area contributed by atoms with Crippen molar-refractivity contribution >= 4 is 11.7 Å². The van der Waals surface area contributed by atoms with Gasteiger partial charge in [-0.3, -0.25) is 0 Å². The molecule has 1 heterocycles. The van der Waals surface area contributed by atoms with E-state index in [9.17, 15) is 31.1 Å². The number of esters is 1. The van der Waals surface area contributed by atoms with E-state index in [1.165, 1.54) is 6.92 Å². The number of rotatable bonds is 3. The normalized spacial score (nSPS) is 20.9. The van der Waals surface area contributed by atoms with Gasteiger partial charge in [-0.25, -0.2) is 4.79 Å². The highest BCUT2D eigenvalue weighted by Crippen LogP contribution is 2.40. The fraction of sp³-hybridized carbons (Fsp3) is 0.467. The van der Waals surface area contributed by atoms with Gasteiger partial charge in [0.05, 0.1) is 23.7 Å². The second kappa shape index (κ2) is 6.57. The van der Waals surface area contributed by atoms with Crippen LogP contribution in [0.25, 0.3) is 0 Å². The minimum Gasteiger partial charge on any atom is -0.461 e. The molecule has 1 aliphatic rings. The monoisotopic (exact) mass is 369 g/mol. The van der Waals surface area contributed by atoms with E-state index in [0.29, 0.717) is 12.1 Å². The number of ether oxygens (including phenoxy) is 1. The lowest BCUT2D eigenvalue weighted by Crippen LogP contribution is -2.24.